The van der Waals surface area contributed by atoms with Crippen LogP contribution in [0.2, 0.25) is 0 Å². The number of halogens is 1. The number of hydrogen-bond acceptors (Lipinski definition) is 2. The van der Waals surface area contributed by atoms with Gasteiger partial charge in [-0.3, -0.25) is 0 Å². The van der Waals surface area contributed by atoms with E-state index in [0.29, 0.717) is 5.95 Å². The predicted molar refractivity (Wildman–Crippen MR) is 94.1 cm³/mol. The van der Waals surface area contributed by atoms with E-state index in [1.54, 1.807) is 0 Å². The quantitative estimate of drug-likeness (QED) is 0.767. The Morgan fingerprint density at radius 3 is 2.23 bits per heavy atom. The number of rotatable bonds is 5. The Kier molecular flexibility index (Phi) is 5.61. The summed E-state index contributed by atoms with van der Waals surface area (Å²) in [6, 6.07) is 20.8. The summed E-state index contributed by atoms with van der Waals surface area (Å²) in [6.07, 6.45) is 3.95. The maximum Gasteiger partial charge on any atom is 0.200 e. The van der Waals surface area contributed by atoms with Crippen LogP contribution < -0.4 is 5.73 Å². The first kappa shape index (κ1) is 16.1. The smallest absolute Gasteiger partial charge is 0.200 e. The molecule has 0 aliphatic rings. The van der Waals surface area contributed by atoms with Gasteiger partial charge in [-0.25, -0.2) is 4.98 Å². The molecular weight excluding hydrogens is 294 g/mol. The third kappa shape index (κ3) is 3.68. The molecular formula is C18H20ClN3. The highest BCUT2D eigenvalue weighted by atomic mass is 35.5. The zero-order chi connectivity index (χ0) is 14.5. The molecule has 2 aromatic carbocycles. The number of imidazole rings is 1. The number of nitrogens with zero attached hydrogens (tertiary/aromatic N) is 2. The van der Waals surface area contributed by atoms with Crippen molar-refractivity contribution in [3.63, 3.8) is 0 Å². The summed E-state index contributed by atoms with van der Waals surface area (Å²) in [4.78, 5) is 4.26. The largest absolute Gasteiger partial charge is 0.369 e. The molecule has 0 atom stereocenters. The molecule has 3 nitrogen and oxygen atoms in total. The highest BCUT2D eigenvalue weighted by Gasteiger charge is 2.08. The van der Waals surface area contributed by atoms with Gasteiger partial charge in [0.05, 0.1) is 11.9 Å². The number of hydrogen-bond donors (Lipinski definition) is 1. The van der Waals surface area contributed by atoms with Gasteiger partial charge in [0.15, 0.2) is 0 Å². The first-order valence-electron chi connectivity index (χ1n) is 7.25. The monoisotopic (exact) mass is 313 g/mol. The SMILES string of the molecule is Cl.Nc1ncc(-c2ccccc2)n1CCCc1ccccc1. The molecule has 0 spiro atoms. The fraction of sp³-hybridized carbons (Fsp3) is 0.167. The van der Waals surface area contributed by atoms with E-state index in [2.05, 4.69) is 45.9 Å². The first-order chi connectivity index (χ1) is 10.3. The maximum atomic E-state index is 6.01. The van der Waals surface area contributed by atoms with Gasteiger partial charge in [0, 0.05) is 6.54 Å². The highest BCUT2D eigenvalue weighted by molar-refractivity contribution is 5.85. The number of aryl methyl sites for hydroxylation is 1. The Labute approximate surface area is 137 Å². The molecule has 0 saturated heterocycles. The van der Waals surface area contributed by atoms with Gasteiger partial charge in [0.1, 0.15) is 0 Å². The van der Waals surface area contributed by atoms with Crippen molar-refractivity contribution in [3.05, 3.63) is 72.4 Å². The van der Waals surface area contributed by atoms with Crippen molar-refractivity contribution in [2.24, 2.45) is 0 Å². The Bertz CT molecular complexity index is 693. The van der Waals surface area contributed by atoms with Crippen LogP contribution in [-0.2, 0) is 13.0 Å². The molecule has 1 heterocycles. The minimum atomic E-state index is 0. The summed E-state index contributed by atoms with van der Waals surface area (Å²) in [5, 5.41) is 0. The van der Waals surface area contributed by atoms with Crippen molar-refractivity contribution in [2.75, 3.05) is 5.73 Å². The summed E-state index contributed by atoms with van der Waals surface area (Å²) >= 11 is 0. The predicted octanol–water partition coefficient (Wildman–Crippen LogP) is 4.19. The van der Waals surface area contributed by atoms with Gasteiger partial charge in [0.25, 0.3) is 0 Å². The van der Waals surface area contributed by atoms with E-state index < -0.39 is 0 Å². The average molecular weight is 314 g/mol. The fourth-order valence-electron chi connectivity index (χ4n) is 2.55. The number of aromatic nitrogens is 2. The first-order valence-corrected chi connectivity index (χ1v) is 7.25. The van der Waals surface area contributed by atoms with Crippen LogP contribution in [0.3, 0.4) is 0 Å². The van der Waals surface area contributed by atoms with Gasteiger partial charge in [-0.2, -0.15) is 0 Å². The summed E-state index contributed by atoms with van der Waals surface area (Å²) < 4.78 is 2.10. The van der Waals surface area contributed by atoms with Crippen LogP contribution >= 0.6 is 12.4 Å². The lowest BCUT2D eigenvalue weighted by Gasteiger charge is -2.10. The molecule has 0 aliphatic carbocycles. The zero-order valence-electron chi connectivity index (χ0n) is 12.4. The van der Waals surface area contributed by atoms with E-state index in [1.807, 2.05) is 30.5 Å². The maximum absolute atomic E-state index is 6.01. The molecule has 0 amide bonds. The van der Waals surface area contributed by atoms with Crippen LogP contribution in [0.4, 0.5) is 5.95 Å². The van der Waals surface area contributed by atoms with Crippen molar-refractivity contribution >= 4 is 18.4 Å². The number of nitrogen functional groups attached to an aromatic ring is 1. The summed E-state index contributed by atoms with van der Waals surface area (Å²) in [5.41, 5.74) is 9.61. The van der Waals surface area contributed by atoms with Gasteiger partial charge in [0.2, 0.25) is 5.95 Å². The lowest BCUT2D eigenvalue weighted by molar-refractivity contribution is 0.654. The van der Waals surface area contributed by atoms with Gasteiger partial charge in [-0.1, -0.05) is 60.7 Å². The molecule has 0 saturated carbocycles. The Balaban J connectivity index is 0.00000176. The normalized spacial score (nSPS) is 10.2. The second-order valence-corrected chi connectivity index (χ2v) is 5.11. The van der Waals surface area contributed by atoms with Gasteiger partial charge >= 0.3 is 0 Å². The van der Waals surface area contributed by atoms with Crippen molar-refractivity contribution < 1.29 is 0 Å². The number of anilines is 1. The van der Waals surface area contributed by atoms with Crippen molar-refractivity contribution in [1.82, 2.24) is 9.55 Å². The molecule has 4 heteroatoms. The summed E-state index contributed by atoms with van der Waals surface area (Å²) in [5.74, 6) is 0.585. The molecule has 3 rings (SSSR count). The topological polar surface area (TPSA) is 43.8 Å². The Morgan fingerprint density at radius 1 is 0.909 bits per heavy atom. The summed E-state index contributed by atoms with van der Waals surface area (Å²) in [7, 11) is 0. The minimum Gasteiger partial charge on any atom is -0.369 e. The van der Waals surface area contributed by atoms with Gasteiger partial charge < -0.3 is 10.3 Å². The van der Waals surface area contributed by atoms with Crippen LogP contribution in [0, 0.1) is 0 Å². The molecule has 0 fully saturated rings. The Hall–Kier alpha value is -2.26. The zero-order valence-corrected chi connectivity index (χ0v) is 13.2. The lowest BCUT2D eigenvalue weighted by atomic mass is 10.1. The van der Waals surface area contributed by atoms with E-state index in [9.17, 15) is 0 Å². The van der Waals surface area contributed by atoms with E-state index >= 15 is 0 Å². The molecule has 0 bridgehead atoms. The minimum absolute atomic E-state index is 0. The average Bonchev–Trinajstić information content (AvgIpc) is 2.91. The van der Waals surface area contributed by atoms with E-state index in [1.165, 1.54) is 5.56 Å². The van der Waals surface area contributed by atoms with Crippen LogP contribution in [0.5, 0.6) is 0 Å². The molecule has 1 aromatic heterocycles. The Morgan fingerprint density at radius 2 is 1.55 bits per heavy atom. The molecule has 22 heavy (non-hydrogen) atoms. The van der Waals surface area contributed by atoms with Crippen LogP contribution in [0.15, 0.2) is 66.9 Å². The molecule has 2 N–H and O–H groups in total. The van der Waals surface area contributed by atoms with Crippen LogP contribution in [0.25, 0.3) is 11.3 Å². The molecule has 114 valence electrons. The van der Waals surface area contributed by atoms with E-state index in [0.717, 1.165) is 30.6 Å². The second kappa shape index (κ2) is 7.66. The fourth-order valence-corrected chi connectivity index (χ4v) is 2.55. The van der Waals surface area contributed by atoms with E-state index in [4.69, 9.17) is 5.73 Å². The van der Waals surface area contributed by atoms with Crippen molar-refractivity contribution in [3.8, 4) is 11.3 Å². The molecule has 0 radical (unpaired) electrons. The highest BCUT2D eigenvalue weighted by Crippen LogP contribution is 2.22. The van der Waals surface area contributed by atoms with Crippen LogP contribution in [0.1, 0.15) is 12.0 Å². The molecule has 3 aromatic rings. The standard InChI is InChI=1S/C18H19N3.ClH/c19-18-20-14-17(16-11-5-2-6-12-16)21(18)13-7-10-15-8-3-1-4-9-15;/h1-6,8-9,11-12,14H,7,10,13H2,(H2,19,20);1H. The second-order valence-electron chi connectivity index (χ2n) is 5.11. The molecule has 0 unspecified atom stereocenters. The third-order valence-corrected chi connectivity index (χ3v) is 3.65. The van der Waals surface area contributed by atoms with E-state index in [-0.39, 0.29) is 12.4 Å². The van der Waals surface area contributed by atoms with Gasteiger partial charge in [-0.15, -0.1) is 12.4 Å². The number of nitrogens with two attached hydrogens (primary N) is 1. The number of benzene rings is 2. The van der Waals surface area contributed by atoms with Crippen molar-refractivity contribution in [1.29, 1.82) is 0 Å². The van der Waals surface area contributed by atoms with Crippen LogP contribution in [-0.4, -0.2) is 9.55 Å². The van der Waals surface area contributed by atoms with Crippen molar-refractivity contribution in [2.45, 2.75) is 19.4 Å². The lowest BCUT2D eigenvalue weighted by Crippen LogP contribution is -2.06. The van der Waals surface area contributed by atoms with Gasteiger partial charge in [-0.05, 0) is 24.0 Å². The third-order valence-electron chi connectivity index (χ3n) is 3.65. The molecule has 0 aliphatic heterocycles. The summed E-state index contributed by atoms with van der Waals surface area (Å²) in [6.45, 7) is 0.880.